The maximum atomic E-state index is 13.4. The van der Waals surface area contributed by atoms with E-state index in [4.69, 9.17) is 4.74 Å². The number of hydrogen-bond acceptors (Lipinski definition) is 3. The second-order valence-electron chi connectivity index (χ2n) is 7.85. The molecule has 1 aliphatic rings. The van der Waals surface area contributed by atoms with Crippen LogP contribution in [0.25, 0.3) is 0 Å². The van der Waals surface area contributed by atoms with Gasteiger partial charge >= 0.3 is 6.09 Å². The molecular weight excluding hydrogens is 425 g/mol. The van der Waals surface area contributed by atoms with Crippen molar-refractivity contribution < 1.29 is 19.0 Å². The Morgan fingerprint density at radius 1 is 1.25 bits per heavy atom. The molecule has 0 saturated heterocycles. The number of halogens is 2. The van der Waals surface area contributed by atoms with Crippen molar-refractivity contribution in [2.24, 2.45) is 0 Å². The lowest BCUT2D eigenvalue weighted by Gasteiger charge is -2.35. The zero-order chi connectivity index (χ0) is 20.5. The van der Waals surface area contributed by atoms with E-state index in [0.29, 0.717) is 18.4 Å². The van der Waals surface area contributed by atoms with Gasteiger partial charge < -0.3 is 14.7 Å². The largest absolute Gasteiger partial charge is 0.438 e. The first-order chi connectivity index (χ1) is 13.1. The fourth-order valence-corrected chi connectivity index (χ4v) is 3.60. The van der Waals surface area contributed by atoms with Crippen LogP contribution < -0.4 is 0 Å². The van der Waals surface area contributed by atoms with E-state index < -0.39 is 17.3 Å². The van der Waals surface area contributed by atoms with Crippen molar-refractivity contribution in [3.63, 3.8) is 0 Å². The highest BCUT2D eigenvalue weighted by atomic mass is 79.9. The van der Waals surface area contributed by atoms with Gasteiger partial charge in [-0.05, 0) is 62.1 Å². The highest BCUT2D eigenvalue weighted by molar-refractivity contribution is 9.10. The standard InChI is InChI=1S/C22H25BrFNO3/c1-15(16-4-8-18(23)9-5-16)25(3)20(26)28-21(2,14-22(27)12-13-22)17-6-10-19(24)11-7-17/h4-11,15,27H,12-14H2,1-3H3/t15-,21-/m0/s1. The molecule has 28 heavy (non-hydrogen) atoms. The molecule has 150 valence electrons. The predicted octanol–water partition coefficient (Wildman–Crippen LogP) is 5.55. The fraction of sp³-hybridized carbons (Fsp3) is 0.409. The molecule has 6 heteroatoms. The molecule has 2 aromatic carbocycles. The van der Waals surface area contributed by atoms with Crippen LogP contribution in [0.2, 0.25) is 0 Å². The van der Waals surface area contributed by atoms with Crippen molar-refractivity contribution in [1.29, 1.82) is 0 Å². The summed E-state index contributed by atoms with van der Waals surface area (Å²) >= 11 is 3.41. The number of benzene rings is 2. The summed E-state index contributed by atoms with van der Waals surface area (Å²) in [5, 5.41) is 10.5. The highest BCUT2D eigenvalue weighted by Gasteiger charge is 2.48. The van der Waals surface area contributed by atoms with E-state index in [-0.39, 0.29) is 18.3 Å². The van der Waals surface area contributed by atoms with E-state index in [2.05, 4.69) is 15.9 Å². The second kappa shape index (κ2) is 7.84. The molecule has 1 fully saturated rings. The first-order valence-corrected chi connectivity index (χ1v) is 10.1. The smallest absolute Gasteiger partial charge is 0.410 e. The molecular formula is C22H25BrFNO3. The molecule has 3 rings (SSSR count). The van der Waals surface area contributed by atoms with Crippen LogP contribution in [0.15, 0.2) is 53.0 Å². The molecule has 0 spiro atoms. The summed E-state index contributed by atoms with van der Waals surface area (Å²) < 4.78 is 20.2. The van der Waals surface area contributed by atoms with E-state index in [1.54, 1.807) is 26.1 Å². The average molecular weight is 450 g/mol. The molecule has 2 atom stereocenters. The van der Waals surface area contributed by atoms with Crippen LogP contribution in [0.5, 0.6) is 0 Å². The summed E-state index contributed by atoms with van der Waals surface area (Å²) in [5.41, 5.74) is -0.248. The lowest BCUT2D eigenvalue weighted by molar-refractivity contribution is -0.0403. The minimum Gasteiger partial charge on any atom is -0.438 e. The molecule has 1 amide bonds. The summed E-state index contributed by atoms with van der Waals surface area (Å²) in [6.07, 6.45) is 1.13. The SMILES string of the molecule is C[C@@H](c1ccc(Br)cc1)N(C)C(=O)O[C@@](C)(CC1(O)CC1)c1ccc(F)cc1. The summed E-state index contributed by atoms with van der Waals surface area (Å²) in [4.78, 5) is 14.5. The minimum absolute atomic E-state index is 0.193. The number of amides is 1. The Balaban J connectivity index is 1.80. The quantitative estimate of drug-likeness (QED) is 0.628. The summed E-state index contributed by atoms with van der Waals surface area (Å²) in [6, 6.07) is 13.4. The maximum absolute atomic E-state index is 13.4. The van der Waals surface area contributed by atoms with Crippen molar-refractivity contribution in [1.82, 2.24) is 4.90 Å². The lowest BCUT2D eigenvalue weighted by Crippen LogP contribution is -2.39. The molecule has 4 nitrogen and oxygen atoms in total. The molecule has 0 heterocycles. The van der Waals surface area contributed by atoms with Crippen LogP contribution in [-0.2, 0) is 10.3 Å². The number of rotatable bonds is 6. The van der Waals surface area contributed by atoms with Crippen molar-refractivity contribution in [3.8, 4) is 0 Å². The summed E-state index contributed by atoms with van der Waals surface area (Å²) in [5.74, 6) is -0.358. The number of hydrogen-bond donors (Lipinski definition) is 1. The van der Waals surface area contributed by atoms with Gasteiger partial charge in [-0.2, -0.15) is 0 Å². The number of carbonyl (C=O) groups excluding carboxylic acids is 1. The summed E-state index contributed by atoms with van der Waals surface area (Å²) in [7, 11) is 1.69. The third kappa shape index (κ3) is 4.73. The first-order valence-electron chi connectivity index (χ1n) is 9.32. The van der Waals surface area contributed by atoms with Gasteiger partial charge in [-0.1, -0.05) is 40.2 Å². The third-order valence-electron chi connectivity index (χ3n) is 5.48. The fourth-order valence-electron chi connectivity index (χ4n) is 3.34. The summed E-state index contributed by atoms with van der Waals surface area (Å²) in [6.45, 7) is 3.70. The Kier molecular flexibility index (Phi) is 5.82. The number of ether oxygens (including phenoxy) is 1. The topological polar surface area (TPSA) is 49.8 Å². The van der Waals surface area contributed by atoms with Gasteiger partial charge in [-0.25, -0.2) is 9.18 Å². The van der Waals surface area contributed by atoms with Gasteiger partial charge in [-0.15, -0.1) is 0 Å². The van der Waals surface area contributed by atoms with Crippen LogP contribution in [0, 0.1) is 5.82 Å². The molecule has 2 aromatic rings. The van der Waals surface area contributed by atoms with Crippen molar-refractivity contribution in [2.75, 3.05) is 7.05 Å². The third-order valence-corrected chi connectivity index (χ3v) is 6.01. The van der Waals surface area contributed by atoms with Crippen LogP contribution >= 0.6 is 15.9 Å². The van der Waals surface area contributed by atoms with Gasteiger partial charge in [0.05, 0.1) is 11.6 Å². The van der Waals surface area contributed by atoms with E-state index in [0.717, 1.165) is 10.0 Å². The molecule has 0 unspecified atom stereocenters. The molecule has 0 aliphatic heterocycles. The predicted molar refractivity (Wildman–Crippen MR) is 109 cm³/mol. The monoisotopic (exact) mass is 449 g/mol. The Hall–Kier alpha value is -1.92. The van der Waals surface area contributed by atoms with Crippen LogP contribution in [0.4, 0.5) is 9.18 Å². The van der Waals surface area contributed by atoms with Gasteiger partial charge in [0.25, 0.3) is 0 Å². The lowest BCUT2D eigenvalue weighted by atomic mass is 9.88. The second-order valence-corrected chi connectivity index (χ2v) is 8.76. The van der Waals surface area contributed by atoms with Crippen LogP contribution in [0.3, 0.4) is 0 Å². The van der Waals surface area contributed by atoms with E-state index in [1.807, 2.05) is 31.2 Å². The Morgan fingerprint density at radius 2 is 1.82 bits per heavy atom. The van der Waals surface area contributed by atoms with Crippen molar-refractivity contribution in [3.05, 3.63) is 69.9 Å². The van der Waals surface area contributed by atoms with Gasteiger partial charge in [-0.3, -0.25) is 0 Å². The van der Waals surface area contributed by atoms with Crippen LogP contribution in [-0.4, -0.2) is 28.7 Å². The normalized spacial score (nSPS) is 18.1. The molecule has 0 radical (unpaired) electrons. The first kappa shape index (κ1) is 20.8. The van der Waals surface area contributed by atoms with Gasteiger partial charge in [0.1, 0.15) is 11.4 Å². The van der Waals surface area contributed by atoms with E-state index in [1.165, 1.54) is 17.0 Å². The van der Waals surface area contributed by atoms with Gasteiger partial charge in [0.15, 0.2) is 0 Å². The number of aliphatic hydroxyl groups is 1. The van der Waals surface area contributed by atoms with E-state index >= 15 is 0 Å². The zero-order valence-electron chi connectivity index (χ0n) is 16.3. The Labute approximate surface area is 173 Å². The Morgan fingerprint density at radius 3 is 2.36 bits per heavy atom. The number of nitrogens with zero attached hydrogens (tertiary/aromatic N) is 1. The molecule has 1 aliphatic carbocycles. The van der Waals surface area contributed by atoms with Gasteiger partial charge in [0, 0.05) is 17.9 Å². The highest BCUT2D eigenvalue weighted by Crippen LogP contribution is 2.46. The van der Waals surface area contributed by atoms with Crippen molar-refractivity contribution in [2.45, 2.75) is 50.4 Å². The van der Waals surface area contributed by atoms with Gasteiger partial charge in [0.2, 0.25) is 0 Å². The molecule has 0 bridgehead atoms. The molecule has 1 N–H and O–H groups in total. The van der Waals surface area contributed by atoms with E-state index in [9.17, 15) is 14.3 Å². The van der Waals surface area contributed by atoms with Crippen molar-refractivity contribution >= 4 is 22.0 Å². The average Bonchev–Trinajstić information content (AvgIpc) is 3.37. The maximum Gasteiger partial charge on any atom is 0.410 e. The Bertz CT molecular complexity index is 836. The molecule has 1 saturated carbocycles. The minimum atomic E-state index is -1.05. The molecule has 0 aromatic heterocycles. The van der Waals surface area contributed by atoms with Crippen LogP contribution in [0.1, 0.15) is 50.3 Å². The number of carbonyl (C=O) groups is 1. The zero-order valence-corrected chi connectivity index (χ0v) is 17.9.